The SMILES string of the molecule is COc1ccc(C2CC(=O)C=C(c3cc(C=O)ccc3OC)C2)cc1OC. The van der Waals surface area contributed by atoms with E-state index in [9.17, 15) is 9.59 Å². The summed E-state index contributed by atoms with van der Waals surface area (Å²) in [6.45, 7) is 0. The predicted octanol–water partition coefficient (Wildman–Crippen LogP) is 4.06. The van der Waals surface area contributed by atoms with Gasteiger partial charge in [0.2, 0.25) is 0 Å². The molecule has 1 unspecified atom stereocenters. The largest absolute Gasteiger partial charge is 0.496 e. The molecular weight excluding hydrogens is 344 g/mol. The second kappa shape index (κ2) is 8.08. The molecule has 2 aromatic carbocycles. The predicted molar refractivity (Wildman–Crippen MR) is 103 cm³/mol. The van der Waals surface area contributed by atoms with Crippen LogP contribution < -0.4 is 14.2 Å². The minimum absolute atomic E-state index is 0.0156. The van der Waals surface area contributed by atoms with E-state index in [1.807, 2.05) is 18.2 Å². The highest BCUT2D eigenvalue weighted by atomic mass is 16.5. The van der Waals surface area contributed by atoms with E-state index in [1.165, 1.54) is 0 Å². The molecule has 0 bridgehead atoms. The minimum Gasteiger partial charge on any atom is -0.496 e. The quantitative estimate of drug-likeness (QED) is 0.722. The highest BCUT2D eigenvalue weighted by Gasteiger charge is 2.25. The Morgan fingerprint density at radius 1 is 0.889 bits per heavy atom. The van der Waals surface area contributed by atoms with Gasteiger partial charge in [0.05, 0.1) is 21.3 Å². The number of hydrogen-bond donors (Lipinski definition) is 0. The second-order valence-corrected chi connectivity index (χ2v) is 6.43. The number of carbonyl (C=O) groups excluding carboxylic acids is 2. The van der Waals surface area contributed by atoms with Gasteiger partial charge in [0.15, 0.2) is 17.3 Å². The summed E-state index contributed by atoms with van der Waals surface area (Å²) in [5.74, 6) is 2.00. The summed E-state index contributed by atoms with van der Waals surface area (Å²) in [4.78, 5) is 23.6. The topological polar surface area (TPSA) is 61.8 Å². The number of carbonyl (C=O) groups is 2. The molecular formula is C22H22O5. The molecule has 1 atom stereocenters. The van der Waals surface area contributed by atoms with Crippen molar-refractivity contribution in [2.45, 2.75) is 18.8 Å². The number of methoxy groups -OCH3 is 3. The van der Waals surface area contributed by atoms with Crippen LogP contribution in [0.25, 0.3) is 5.57 Å². The van der Waals surface area contributed by atoms with Gasteiger partial charge in [-0.1, -0.05) is 6.07 Å². The average molecular weight is 366 g/mol. The van der Waals surface area contributed by atoms with E-state index < -0.39 is 0 Å². The lowest BCUT2D eigenvalue weighted by Crippen LogP contribution is -2.13. The summed E-state index contributed by atoms with van der Waals surface area (Å²) >= 11 is 0. The van der Waals surface area contributed by atoms with Crippen LogP contribution in [0, 0.1) is 0 Å². The van der Waals surface area contributed by atoms with Crippen molar-refractivity contribution in [1.82, 2.24) is 0 Å². The second-order valence-electron chi connectivity index (χ2n) is 6.43. The van der Waals surface area contributed by atoms with E-state index in [0.717, 1.165) is 23.0 Å². The summed E-state index contributed by atoms with van der Waals surface area (Å²) in [6.07, 6.45) is 3.54. The van der Waals surface area contributed by atoms with Gasteiger partial charge in [-0.05, 0) is 59.9 Å². The number of ether oxygens (including phenoxy) is 3. The van der Waals surface area contributed by atoms with Crippen LogP contribution in [-0.2, 0) is 4.79 Å². The maximum atomic E-state index is 12.4. The minimum atomic E-state index is 0.0156. The van der Waals surface area contributed by atoms with Gasteiger partial charge in [-0.15, -0.1) is 0 Å². The molecule has 5 heteroatoms. The first-order valence-corrected chi connectivity index (χ1v) is 8.68. The molecule has 2 aromatic rings. The summed E-state index contributed by atoms with van der Waals surface area (Å²) in [6, 6.07) is 10.9. The maximum Gasteiger partial charge on any atom is 0.160 e. The summed E-state index contributed by atoms with van der Waals surface area (Å²) in [5, 5.41) is 0. The van der Waals surface area contributed by atoms with Crippen molar-refractivity contribution in [1.29, 1.82) is 0 Å². The molecule has 0 fully saturated rings. The molecule has 0 saturated carbocycles. The normalized spacial score (nSPS) is 16.5. The molecule has 3 rings (SSSR count). The van der Waals surface area contributed by atoms with Gasteiger partial charge in [0.1, 0.15) is 12.0 Å². The monoisotopic (exact) mass is 366 g/mol. The molecule has 0 N–H and O–H groups in total. The number of allylic oxidation sites excluding steroid dienone is 2. The molecule has 0 heterocycles. The standard InChI is InChI=1S/C22H22O5/c1-25-20-6-4-14(13-23)8-19(20)17-9-16(10-18(24)11-17)15-5-7-21(26-2)22(12-15)27-3/h4-8,11-13,16H,9-10H2,1-3H3. The molecule has 27 heavy (non-hydrogen) atoms. The molecule has 0 amide bonds. The molecule has 0 saturated heterocycles. The number of aldehydes is 1. The highest BCUT2D eigenvalue weighted by molar-refractivity contribution is 6.00. The van der Waals surface area contributed by atoms with Gasteiger partial charge < -0.3 is 14.2 Å². The lowest BCUT2D eigenvalue weighted by Gasteiger charge is -2.24. The van der Waals surface area contributed by atoms with E-state index in [0.29, 0.717) is 35.7 Å². The fraction of sp³-hybridized carbons (Fsp3) is 0.273. The fourth-order valence-electron chi connectivity index (χ4n) is 3.47. The van der Waals surface area contributed by atoms with Gasteiger partial charge >= 0.3 is 0 Å². The number of rotatable bonds is 6. The van der Waals surface area contributed by atoms with Gasteiger partial charge in [-0.25, -0.2) is 0 Å². The van der Waals surface area contributed by atoms with Crippen LogP contribution in [0.4, 0.5) is 0 Å². The van der Waals surface area contributed by atoms with Crippen LogP contribution in [0.5, 0.6) is 17.2 Å². The van der Waals surface area contributed by atoms with Crippen LogP contribution in [0.1, 0.15) is 40.2 Å². The molecule has 0 aliphatic heterocycles. The molecule has 140 valence electrons. The van der Waals surface area contributed by atoms with Gasteiger partial charge in [-0.3, -0.25) is 9.59 Å². The Kier molecular flexibility index (Phi) is 5.60. The fourth-order valence-corrected chi connectivity index (χ4v) is 3.47. The first kappa shape index (κ1) is 18.7. The molecule has 0 radical (unpaired) electrons. The van der Waals surface area contributed by atoms with E-state index >= 15 is 0 Å². The van der Waals surface area contributed by atoms with Crippen molar-refractivity contribution in [3.8, 4) is 17.2 Å². The van der Waals surface area contributed by atoms with Crippen molar-refractivity contribution in [3.05, 3.63) is 59.2 Å². The van der Waals surface area contributed by atoms with Crippen LogP contribution >= 0.6 is 0 Å². The van der Waals surface area contributed by atoms with Crippen LogP contribution in [0.3, 0.4) is 0 Å². The smallest absolute Gasteiger partial charge is 0.160 e. The van der Waals surface area contributed by atoms with Crippen molar-refractivity contribution in [2.75, 3.05) is 21.3 Å². The number of ketones is 1. The van der Waals surface area contributed by atoms with E-state index in [2.05, 4.69) is 0 Å². The Bertz CT molecular complexity index is 898. The van der Waals surface area contributed by atoms with Crippen molar-refractivity contribution in [2.24, 2.45) is 0 Å². The van der Waals surface area contributed by atoms with Gasteiger partial charge in [0, 0.05) is 17.5 Å². The third-order valence-electron chi connectivity index (χ3n) is 4.83. The van der Waals surface area contributed by atoms with Crippen LogP contribution in [0.15, 0.2) is 42.5 Å². The Morgan fingerprint density at radius 2 is 1.59 bits per heavy atom. The Hall–Kier alpha value is -3.08. The zero-order valence-electron chi connectivity index (χ0n) is 15.7. The van der Waals surface area contributed by atoms with E-state index in [-0.39, 0.29) is 11.7 Å². The first-order chi connectivity index (χ1) is 13.1. The average Bonchev–Trinajstić information content (AvgIpc) is 2.72. The Balaban J connectivity index is 1.97. The van der Waals surface area contributed by atoms with Crippen molar-refractivity contribution >= 4 is 17.6 Å². The van der Waals surface area contributed by atoms with Crippen molar-refractivity contribution in [3.63, 3.8) is 0 Å². The molecule has 0 aromatic heterocycles. The number of benzene rings is 2. The van der Waals surface area contributed by atoms with Gasteiger partial charge in [-0.2, -0.15) is 0 Å². The highest BCUT2D eigenvalue weighted by Crippen LogP contribution is 2.41. The molecule has 0 spiro atoms. The summed E-state index contributed by atoms with van der Waals surface area (Å²) < 4.78 is 16.1. The van der Waals surface area contributed by atoms with Crippen LogP contribution in [0.2, 0.25) is 0 Å². The molecule has 5 nitrogen and oxygen atoms in total. The van der Waals surface area contributed by atoms with E-state index in [4.69, 9.17) is 14.2 Å². The third kappa shape index (κ3) is 3.87. The number of hydrogen-bond acceptors (Lipinski definition) is 5. The molecule has 1 aliphatic rings. The summed E-state index contributed by atoms with van der Waals surface area (Å²) in [7, 11) is 4.76. The maximum absolute atomic E-state index is 12.4. The molecule has 1 aliphatic carbocycles. The lowest BCUT2D eigenvalue weighted by atomic mass is 9.80. The third-order valence-corrected chi connectivity index (χ3v) is 4.83. The zero-order valence-corrected chi connectivity index (χ0v) is 15.7. The summed E-state index contributed by atoms with van der Waals surface area (Å²) in [5.41, 5.74) is 3.21. The lowest BCUT2D eigenvalue weighted by molar-refractivity contribution is -0.115. The first-order valence-electron chi connectivity index (χ1n) is 8.68. The van der Waals surface area contributed by atoms with Gasteiger partial charge in [0.25, 0.3) is 0 Å². The zero-order chi connectivity index (χ0) is 19.4. The van der Waals surface area contributed by atoms with Crippen molar-refractivity contribution < 1.29 is 23.8 Å². The Labute approximate surface area is 158 Å². The van der Waals surface area contributed by atoms with Crippen LogP contribution in [-0.4, -0.2) is 33.4 Å². The Morgan fingerprint density at radius 3 is 2.26 bits per heavy atom. The van der Waals surface area contributed by atoms with E-state index in [1.54, 1.807) is 45.6 Å².